The van der Waals surface area contributed by atoms with E-state index in [1.807, 2.05) is 36.7 Å². The molecule has 0 amide bonds. The summed E-state index contributed by atoms with van der Waals surface area (Å²) in [4.78, 5) is 0. The molecule has 1 aromatic heterocycles. The van der Waals surface area contributed by atoms with Crippen molar-refractivity contribution in [1.29, 1.82) is 0 Å². The number of thioether (sulfide) groups is 1. The Labute approximate surface area is 143 Å². The normalized spacial score (nSPS) is 11.0. The minimum Gasteiger partial charge on any atom is -0.305 e. The van der Waals surface area contributed by atoms with E-state index in [0.29, 0.717) is 16.3 Å². The third kappa shape index (κ3) is 3.41. The third-order valence-corrected chi connectivity index (χ3v) is 4.92. The van der Waals surface area contributed by atoms with Gasteiger partial charge in [0.15, 0.2) is 11.0 Å². The van der Waals surface area contributed by atoms with Crippen LogP contribution in [-0.2, 0) is 12.8 Å². The van der Waals surface area contributed by atoms with Crippen LogP contribution >= 0.6 is 23.4 Å². The van der Waals surface area contributed by atoms with Crippen molar-refractivity contribution in [1.82, 2.24) is 14.8 Å². The number of rotatable bonds is 4. The second kappa shape index (κ2) is 6.72. The molecule has 0 saturated carbocycles. The second-order valence-corrected chi connectivity index (χ2v) is 6.57. The van der Waals surface area contributed by atoms with Crippen LogP contribution < -0.4 is 0 Å². The van der Waals surface area contributed by atoms with E-state index in [1.54, 1.807) is 12.1 Å². The van der Waals surface area contributed by atoms with Crippen LogP contribution in [0.3, 0.4) is 0 Å². The fourth-order valence-electron chi connectivity index (χ4n) is 2.28. The highest BCUT2D eigenvalue weighted by Crippen LogP contribution is 2.29. The number of nitrogens with zero attached hydrogens (tertiary/aromatic N) is 3. The van der Waals surface area contributed by atoms with E-state index in [0.717, 1.165) is 22.1 Å². The summed E-state index contributed by atoms with van der Waals surface area (Å²) in [6.07, 6.45) is 0. The molecule has 3 rings (SSSR count). The summed E-state index contributed by atoms with van der Waals surface area (Å²) >= 11 is 7.47. The lowest BCUT2D eigenvalue weighted by atomic mass is 10.1. The van der Waals surface area contributed by atoms with Crippen LogP contribution in [0.5, 0.6) is 0 Å². The zero-order valence-corrected chi connectivity index (χ0v) is 14.3. The highest BCUT2D eigenvalue weighted by molar-refractivity contribution is 7.98. The predicted octanol–water partition coefficient (Wildman–Crippen LogP) is 4.88. The van der Waals surface area contributed by atoms with Crippen LogP contribution in [0.4, 0.5) is 4.39 Å². The number of halogens is 2. The van der Waals surface area contributed by atoms with Gasteiger partial charge in [0.1, 0.15) is 5.82 Å². The minimum absolute atomic E-state index is 0.300. The molecule has 118 valence electrons. The quantitative estimate of drug-likeness (QED) is 0.630. The van der Waals surface area contributed by atoms with Crippen molar-refractivity contribution in [3.8, 4) is 11.4 Å². The second-order valence-electron chi connectivity index (χ2n) is 5.22. The van der Waals surface area contributed by atoms with E-state index >= 15 is 0 Å². The van der Waals surface area contributed by atoms with Gasteiger partial charge in [-0.1, -0.05) is 53.2 Å². The molecular formula is C17H15ClFN3S. The smallest absolute Gasteiger partial charge is 0.191 e. The molecule has 0 fully saturated rings. The summed E-state index contributed by atoms with van der Waals surface area (Å²) in [6, 6.07) is 12.8. The molecule has 0 bridgehead atoms. The summed E-state index contributed by atoms with van der Waals surface area (Å²) in [7, 11) is 1.91. The maximum Gasteiger partial charge on any atom is 0.191 e. The van der Waals surface area contributed by atoms with Gasteiger partial charge >= 0.3 is 0 Å². The molecule has 0 aliphatic heterocycles. The zero-order chi connectivity index (χ0) is 16.4. The minimum atomic E-state index is -0.300. The summed E-state index contributed by atoms with van der Waals surface area (Å²) in [5.74, 6) is 0.896. The highest BCUT2D eigenvalue weighted by Gasteiger charge is 2.13. The van der Waals surface area contributed by atoms with Crippen LogP contribution in [0.1, 0.15) is 11.1 Å². The summed E-state index contributed by atoms with van der Waals surface area (Å²) in [5, 5.41) is 9.61. The van der Waals surface area contributed by atoms with Gasteiger partial charge in [-0.15, -0.1) is 10.2 Å². The van der Waals surface area contributed by atoms with Crippen molar-refractivity contribution in [3.05, 3.63) is 64.4 Å². The van der Waals surface area contributed by atoms with Crippen molar-refractivity contribution >= 4 is 23.4 Å². The molecule has 0 saturated heterocycles. The highest BCUT2D eigenvalue weighted by atomic mass is 35.5. The van der Waals surface area contributed by atoms with Gasteiger partial charge in [-0.2, -0.15) is 0 Å². The molecule has 3 nitrogen and oxygen atoms in total. The van der Waals surface area contributed by atoms with E-state index in [4.69, 9.17) is 11.6 Å². The molecule has 0 radical (unpaired) electrons. The van der Waals surface area contributed by atoms with Crippen LogP contribution in [0.25, 0.3) is 11.4 Å². The molecule has 0 N–H and O–H groups in total. The lowest BCUT2D eigenvalue weighted by molar-refractivity contribution is 0.617. The number of aryl methyl sites for hydroxylation is 1. The van der Waals surface area contributed by atoms with Crippen LogP contribution in [0.15, 0.2) is 47.6 Å². The number of benzene rings is 2. The van der Waals surface area contributed by atoms with Crippen molar-refractivity contribution < 1.29 is 4.39 Å². The van der Waals surface area contributed by atoms with Gasteiger partial charge in [-0.05, 0) is 25.1 Å². The topological polar surface area (TPSA) is 30.7 Å². The number of hydrogen-bond donors (Lipinski definition) is 0. The molecular weight excluding hydrogens is 333 g/mol. The molecule has 0 aliphatic carbocycles. The molecule has 6 heteroatoms. The molecule has 3 aromatic rings. The van der Waals surface area contributed by atoms with E-state index in [1.165, 1.54) is 17.8 Å². The average molecular weight is 348 g/mol. The predicted molar refractivity (Wildman–Crippen MR) is 92.1 cm³/mol. The maximum atomic E-state index is 13.8. The lowest BCUT2D eigenvalue weighted by Gasteiger charge is -2.06. The van der Waals surface area contributed by atoms with Crippen LogP contribution in [0.2, 0.25) is 5.02 Å². The monoisotopic (exact) mass is 347 g/mol. The Morgan fingerprint density at radius 1 is 1.17 bits per heavy atom. The fourth-order valence-corrected chi connectivity index (χ4v) is 3.54. The summed E-state index contributed by atoms with van der Waals surface area (Å²) in [6.45, 7) is 2.04. The average Bonchev–Trinajstić information content (AvgIpc) is 2.88. The number of hydrogen-bond acceptors (Lipinski definition) is 3. The van der Waals surface area contributed by atoms with Crippen molar-refractivity contribution in [2.45, 2.75) is 17.8 Å². The Kier molecular flexibility index (Phi) is 4.68. The van der Waals surface area contributed by atoms with Crippen LogP contribution in [-0.4, -0.2) is 14.8 Å². The van der Waals surface area contributed by atoms with Gasteiger partial charge in [0, 0.05) is 29.0 Å². The molecule has 0 spiro atoms. The van der Waals surface area contributed by atoms with E-state index in [-0.39, 0.29) is 5.82 Å². The van der Waals surface area contributed by atoms with Gasteiger partial charge in [-0.3, -0.25) is 0 Å². The molecule has 1 heterocycles. The molecule has 0 aliphatic rings. The SMILES string of the molecule is Cc1cccc(-c2nnc(SCc3c(F)cccc3Cl)n2C)c1. The van der Waals surface area contributed by atoms with Gasteiger partial charge in [0.05, 0.1) is 0 Å². The van der Waals surface area contributed by atoms with Crippen molar-refractivity contribution in [3.63, 3.8) is 0 Å². The Morgan fingerprint density at radius 3 is 2.70 bits per heavy atom. The first-order chi connectivity index (χ1) is 11.1. The first kappa shape index (κ1) is 16.0. The van der Waals surface area contributed by atoms with E-state index in [2.05, 4.69) is 16.3 Å². The van der Waals surface area contributed by atoms with Crippen molar-refractivity contribution in [2.75, 3.05) is 0 Å². The molecule has 23 heavy (non-hydrogen) atoms. The first-order valence-electron chi connectivity index (χ1n) is 7.08. The zero-order valence-electron chi connectivity index (χ0n) is 12.8. The molecule has 0 unspecified atom stereocenters. The lowest BCUT2D eigenvalue weighted by Crippen LogP contribution is -1.96. The van der Waals surface area contributed by atoms with Crippen molar-refractivity contribution in [2.24, 2.45) is 7.05 Å². The Morgan fingerprint density at radius 2 is 1.96 bits per heavy atom. The van der Waals surface area contributed by atoms with Gasteiger partial charge in [0.2, 0.25) is 0 Å². The van der Waals surface area contributed by atoms with Gasteiger partial charge in [-0.25, -0.2) is 4.39 Å². The first-order valence-corrected chi connectivity index (χ1v) is 8.44. The number of aromatic nitrogens is 3. The Hall–Kier alpha value is -1.85. The maximum absolute atomic E-state index is 13.8. The summed E-state index contributed by atoms with van der Waals surface area (Å²) in [5.41, 5.74) is 2.66. The standard InChI is InChI=1S/C17H15ClFN3S/c1-11-5-3-6-12(9-11)16-20-21-17(22(16)2)23-10-13-14(18)7-4-8-15(13)19/h3-9H,10H2,1-2H3. The largest absolute Gasteiger partial charge is 0.305 e. The molecule has 0 atom stereocenters. The van der Waals surface area contributed by atoms with E-state index in [9.17, 15) is 4.39 Å². The van der Waals surface area contributed by atoms with E-state index < -0.39 is 0 Å². The van der Waals surface area contributed by atoms with Gasteiger partial charge < -0.3 is 4.57 Å². The Balaban J connectivity index is 1.83. The fraction of sp³-hybridized carbons (Fsp3) is 0.176. The summed E-state index contributed by atoms with van der Waals surface area (Å²) < 4.78 is 15.7. The molecule has 2 aromatic carbocycles. The third-order valence-electron chi connectivity index (χ3n) is 3.52. The van der Waals surface area contributed by atoms with Gasteiger partial charge in [0.25, 0.3) is 0 Å². The Bertz CT molecular complexity index is 827. The van der Waals surface area contributed by atoms with Crippen LogP contribution in [0, 0.1) is 12.7 Å².